The van der Waals surface area contributed by atoms with Gasteiger partial charge in [0.25, 0.3) is 5.69 Å². The van der Waals surface area contributed by atoms with Crippen LogP contribution < -0.4 is 0 Å². The van der Waals surface area contributed by atoms with Gasteiger partial charge in [0.2, 0.25) is 0 Å². The molecule has 0 aliphatic rings. The highest BCUT2D eigenvalue weighted by molar-refractivity contribution is 7.98. The van der Waals surface area contributed by atoms with Crippen LogP contribution in [0.1, 0.15) is 16.7 Å². The van der Waals surface area contributed by atoms with Gasteiger partial charge < -0.3 is 9.67 Å². The average molecular weight is 407 g/mol. The predicted octanol–water partition coefficient (Wildman–Crippen LogP) is 3.57. The molecule has 0 aliphatic carbocycles. The third-order valence-corrected chi connectivity index (χ3v) is 5.50. The summed E-state index contributed by atoms with van der Waals surface area (Å²) < 4.78 is 1.96. The molecule has 9 heteroatoms. The monoisotopic (exact) mass is 407 g/mol. The van der Waals surface area contributed by atoms with Crippen molar-refractivity contribution in [1.82, 2.24) is 19.5 Å². The second-order valence-corrected chi connectivity index (χ2v) is 7.37. The van der Waals surface area contributed by atoms with Crippen LogP contribution >= 0.6 is 11.8 Å². The van der Waals surface area contributed by atoms with Crippen molar-refractivity contribution < 1.29 is 10.0 Å². The molecule has 0 spiro atoms. The first kappa shape index (κ1) is 19.0. The molecule has 29 heavy (non-hydrogen) atoms. The molecule has 2 aromatic carbocycles. The zero-order valence-electron chi connectivity index (χ0n) is 15.3. The van der Waals surface area contributed by atoms with Gasteiger partial charge in [-0.1, -0.05) is 48.2 Å². The third-order valence-electron chi connectivity index (χ3n) is 4.45. The van der Waals surface area contributed by atoms with E-state index in [9.17, 15) is 10.1 Å². The second-order valence-electron chi connectivity index (χ2n) is 6.41. The molecule has 2 heterocycles. The van der Waals surface area contributed by atoms with E-state index in [-0.39, 0.29) is 12.3 Å². The van der Waals surface area contributed by atoms with E-state index in [2.05, 4.69) is 15.0 Å². The Morgan fingerprint density at radius 1 is 0.966 bits per heavy atom. The molecular weight excluding hydrogens is 390 g/mol. The molecule has 8 nitrogen and oxygen atoms in total. The van der Waals surface area contributed by atoms with Gasteiger partial charge in [-0.2, -0.15) is 0 Å². The number of aromatic nitrogens is 4. The summed E-state index contributed by atoms with van der Waals surface area (Å²) in [5, 5.41) is 20.7. The molecule has 146 valence electrons. The van der Waals surface area contributed by atoms with Crippen molar-refractivity contribution in [1.29, 1.82) is 0 Å². The maximum absolute atomic E-state index is 10.8. The van der Waals surface area contributed by atoms with Crippen molar-refractivity contribution in [2.75, 3.05) is 0 Å². The van der Waals surface area contributed by atoms with Crippen LogP contribution in [0, 0.1) is 10.1 Å². The molecule has 0 aliphatic heterocycles. The highest BCUT2D eigenvalue weighted by Gasteiger charge is 2.12. The van der Waals surface area contributed by atoms with Crippen molar-refractivity contribution in [3.8, 4) is 0 Å². The topological polar surface area (TPSA) is 107 Å². The van der Waals surface area contributed by atoms with E-state index in [1.54, 1.807) is 18.5 Å². The summed E-state index contributed by atoms with van der Waals surface area (Å²) in [5.74, 6) is 0.625. The molecule has 2 aromatic heterocycles. The Morgan fingerprint density at radius 3 is 2.34 bits per heavy atom. The molecule has 1 N–H and O–H groups in total. The molecule has 0 amide bonds. The van der Waals surface area contributed by atoms with Crippen molar-refractivity contribution >= 4 is 28.6 Å². The molecule has 4 aromatic rings. The minimum Gasteiger partial charge on any atom is -0.392 e. The SMILES string of the molecule is O=[N+]([O-])c1ccc(CSc2ncnc3c2ncn3Cc2ccc(CO)cc2)cc1. The van der Waals surface area contributed by atoms with Gasteiger partial charge in [-0.15, -0.1) is 0 Å². The first-order valence-corrected chi connectivity index (χ1v) is 9.83. The van der Waals surface area contributed by atoms with Gasteiger partial charge >= 0.3 is 0 Å². The molecule has 4 rings (SSSR count). The molecule has 0 radical (unpaired) electrons. The minimum absolute atomic E-state index is 0.0247. The lowest BCUT2D eigenvalue weighted by Gasteiger charge is -2.06. The Morgan fingerprint density at radius 2 is 1.66 bits per heavy atom. The van der Waals surface area contributed by atoms with Crippen LogP contribution in [0.25, 0.3) is 11.2 Å². The Balaban J connectivity index is 1.51. The Kier molecular flexibility index (Phi) is 5.50. The first-order chi connectivity index (χ1) is 14.1. The van der Waals surface area contributed by atoms with Crippen LogP contribution in [0.3, 0.4) is 0 Å². The lowest BCUT2D eigenvalue weighted by molar-refractivity contribution is -0.384. The number of hydrogen-bond acceptors (Lipinski definition) is 7. The molecule has 0 atom stereocenters. The van der Waals surface area contributed by atoms with Gasteiger partial charge in [0.05, 0.1) is 24.4 Å². The van der Waals surface area contributed by atoms with E-state index in [0.717, 1.165) is 32.9 Å². The van der Waals surface area contributed by atoms with Crippen LogP contribution in [-0.2, 0) is 18.9 Å². The van der Waals surface area contributed by atoms with E-state index in [1.807, 2.05) is 28.8 Å². The van der Waals surface area contributed by atoms with E-state index in [1.165, 1.54) is 30.2 Å². The van der Waals surface area contributed by atoms with Crippen molar-refractivity contribution in [3.05, 3.63) is 88.0 Å². The summed E-state index contributed by atoms with van der Waals surface area (Å²) in [6, 6.07) is 14.2. The summed E-state index contributed by atoms with van der Waals surface area (Å²) in [6.45, 7) is 0.641. The van der Waals surface area contributed by atoms with E-state index in [4.69, 9.17) is 5.11 Å². The largest absolute Gasteiger partial charge is 0.392 e. The number of benzene rings is 2. The third kappa shape index (κ3) is 4.25. The number of nitro benzene ring substituents is 1. The number of aliphatic hydroxyl groups is 1. The number of aliphatic hydroxyl groups excluding tert-OH is 1. The van der Waals surface area contributed by atoms with Crippen molar-refractivity contribution in [2.24, 2.45) is 0 Å². The highest BCUT2D eigenvalue weighted by Crippen LogP contribution is 2.27. The van der Waals surface area contributed by atoms with Crippen LogP contribution in [-0.4, -0.2) is 29.5 Å². The predicted molar refractivity (Wildman–Crippen MR) is 109 cm³/mol. The van der Waals surface area contributed by atoms with Crippen molar-refractivity contribution in [2.45, 2.75) is 23.9 Å². The minimum atomic E-state index is -0.408. The summed E-state index contributed by atoms with van der Waals surface area (Å²) >= 11 is 1.52. The quantitative estimate of drug-likeness (QED) is 0.216. The molecule has 0 fully saturated rings. The summed E-state index contributed by atoms with van der Waals surface area (Å²) in [4.78, 5) is 23.6. The van der Waals surface area contributed by atoms with Gasteiger partial charge in [0, 0.05) is 17.9 Å². The van der Waals surface area contributed by atoms with Gasteiger partial charge in [-0.25, -0.2) is 15.0 Å². The second kappa shape index (κ2) is 8.38. The highest BCUT2D eigenvalue weighted by atomic mass is 32.2. The maximum atomic E-state index is 10.8. The fourth-order valence-corrected chi connectivity index (χ4v) is 3.79. The molecule has 0 bridgehead atoms. The number of imidazole rings is 1. The maximum Gasteiger partial charge on any atom is 0.269 e. The lowest BCUT2D eigenvalue weighted by atomic mass is 10.1. The van der Waals surface area contributed by atoms with E-state index < -0.39 is 4.92 Å². The first-order valence-electron chi connectivity index (χ1n) is 8.84. The fourth-order valence-electron chi connectivity index (χ4n) is 2.89. The molecule has 0 unspecified atom stereocenters. The van der Waals surface area contributed by atoms with Crippen LogP contribution in [0.4, 0.5) is 5.69 Å². The number of hydrogen-bond donors (Lipinski definition) is 1. The Hall–Kier alpha value is -3.30. The number of nitro groups is 1. The van der Waals surface area contributed by atoms with E-state index in [0.29, 0.717) is 12.3 Å². The van der Waals surface area contributed by atoms with Gasteiger partial charge in [-0.3, -0.25) is 10.1 Å². The molecule has 0 saturated carbocycles. The Labute approximate surface area is 170 Å². The van der Waals surface area contributed by atoms with Crippen LogP contribution in [0.15, 0.2) is 66.2 Å². The fraction of sp³-hybridized carbons (Fsp3) is 0.150. The number of fused-ring (bicyclic) bond motifs is 1. The zero-order valence-corrected chi connectivity index (χ0v) is 16.1. The average Bonchev–Trinajstić information content (AvgIpc) is 3.16. The molecular formula is C20H17N5O3S. The smallest absolute Gasteiger partial charge is 0.269 e. The van der Waals surface area contributed by atoms with Crippen LogP contribution in [0.5, 0.6) is 0 Å². The number of non-ortho nitro benzene ring substituents is 1. The summed E-state index contributed by atoms with van der Waals surface area (Å²) in [6.07, 6.45) is 3.27. The van der Waals surface area contributed by atoms with Crippen molar-refractivity contribution in [3.63, 3.8) is 0 Å². The molecule has 0 saturated heterocycles. The zero-order chi connectivity index (χ0) is 20.2. The van der Waals surface area contributed by atoms with E-state index >= 15 is 0 Å². The van der Waals surface area contributed by atoms with Gasteiger partial charge in [0.1, 0.15) is 16.9 Å². The number of rotatable bonds is 7. The van der Waals surface area contributed by atoms with Gasteiger partial charge in [0.15, 0.2) is 5.65 Å². The lowest BCUT2D eigenvalue weighted by Crippen LogP contribution is -2.00. The Bertz CT molecular complexity index is 1140. The normalized spacial score (nSPS) is 11.1. The number of nitrogens with zero attached hydrogens (tertiary/aromatic N) is 5. The van der Waals surface area contributed by atoms with Gasteiger partial charge in [-0.05, 0) is 16.7 Å². The van der Waals surface area contributed by atoms with Crippen LogP contribution in [0.2, 0.25) is 0 Å². The summed E-state index contributed by atoms with van der Waals surface area (Å²) in [5.41, 5.74) is 4.48. The number of thioether (sulfide) groups is 1. The summed E-state index contributed by atoms with van der Waals surface area (Å²) in [7, 11) is 0. The standard InChI is InChI=1S/C20H17N5O3S/c26-10-15-3-1-14(2-4-15)9-24-13-23-18-19(24)21-12-22-20(18)29-11-16-5-7-17(8-6-16)25(27)28/h1-8,12-13,26H,9-11H2.